The molecular formula is C23H32N3O3S+. The molecule has 1 fully saturated rings. The number of nitrogens with one attached hydrogen (secondary N) is 1. The van der Waals surface area contributed by atoms with E-state index in [-0.39, 0.29) is 5.91 Å². The van der Waals surface area contributed by atoms with Crippen LogP contribution in [0.25, 0.3) is 0 Å². The predicted molar refractivity (Wildman–Crippen MR) is 118 cm³/mol. The lowest BCUT2D eigenvalue weighted by Crippen LogP contribution is -3.15. The standard InChI is InChI=1S/C23H31N3O3S/c1-18-14-19(2)23(20(3)15-18)30(28,29)26-12-10-25(11-13-26)17-22(27)24(4)16-21-8-6-5-7-9-21/h5-9,14-15H,10-13,16-17H2,1-4H3/p+1. The van der Waals surface area contributed by atoms with Gasteiger partial charge in [-0.15, -0.1) is 0 Å². The number of rotatable bonds is 6. The SMILES string of the molecule is Cc1cc(C)c(S(=O)(=O)N2CC[NH+](CC(=O)N(C)Cc3ccccc3)CC2)c(C)c1. The molecule has 2 aromatic rings. The monoisotopic (exact) mass is 430 g/mol. The number of benzene rings is 2. The third kappa shape index (κ3) is 5.09. The van der Waals surface area contributed by atoms with Crippen molar-refractivity contribution in [3.63, 3.8) is 0 Å². The number of quaternary nitrogens is 1. The molecule has 0 bridgehead atoms. The Kier molecular flexibility index (Phi) is 6.95. The lowest BCUT2D eigenvalue weighted by molar-refractivity contribution is -0.896. The summed E-state index contributed by atoms with van der Waals surface area (Å²) in [5.74, 6) is 0.0791. The molecule has 1 N–H and O–H groups in total. The maximum absolute atomic E-state index is 13.2. The average molecular weight is 431 g/mol. The summed E-state index contributed by atoms with van der Waals surface area (Å²) in [5, 5.41) is 0. The molecule has 1 aliphatic rings. The van der Waals surface area contributed by atoms with E-state index in [2.05, 4.69) is 0 Å². The van der Waals surface area contributed by atoms with E-state index >= 15 is 0 Å². The van der Waals surface area contributed by atoms with Gasteiger partial charge >= 0.3 is 0 Å². The van der Waals surface area contributed by atoms with E-state index in [4.69, 9.17) is 0 Å². The molecular weight excluding hydrogens is 398 g/mol. The smallest absolute Gasteiger partial charge is 0.277 e. The fourth-order valence-electron chi connectivity index (χ4n) is 4.22. The lowest BCUT2D eigenvalue weighted by Gasteiger charge is -2.32. The molecule has 0 spiro atoms. The molecule has 1 amide bonds. The second-order valence-corrected chi connectivity index (χ2v) is 10.2. The number of sulfonamides is 1. The molecule has 1 aliphatic heterocycles. The van der Waals surface area contributed by atoms with Crippen LogP contribution in [-0.4, -0.2) is 63.3 Å². The van der Waals surface area contributed by atoms with Gasteiger partial charge in [0.25, 0.3) is 5.91 Å². The highest BCUT2D eigenvalue weighted by Gasteiger charge is 2.33. The van der Waals surface area contributed by atoms with Gasteiger partial charge in [-0.25, -0.2) is 8.42 Å². The van der Waals surface area contributed by atoms with Gasteiger partial charge in [-0.2, -0.15) is 4.31 Å². The van der Waals surface area contributed by atoms with Crippen molar-refractivity contribution >= 4 is 15.9 Å². The third-order valence-corrected chi connectivity index (χ3v) is 7.93. The van der Waals surface area contributed by atoms with E-state index < -0.39 is 10.0 Å². The first-order chi connectivity index (χ1) is 14.2. The molecule has 162 valence electrons. The fraction of sp³-hybridized carbons (Fsp3) is 0.435. The summed E-state index contributed by atoms with van der Waals surface area (Å²) in [4.78, 5) is 15.9. The number of carbonyl (C=O) groups excluding carboxylic acids is 1. The van der Waals surface area contributed by atoms with E-state index in [1.807, 2.05) is 70.3 Å². The normalized spacial score (nSPS) is 15.9. The van der Waals surface area contributed by atoms with Crippen molar-refractivity contribution in [3.05, 3.63) is 64.7 Å². The molecule has 0 aliphatic carbocycles. The van der Waals surface area contributed by atoms with Gasteiger partial charge in [-0.05, 0) is 37.5 Å². The van der Waals surface area contributed by atoms with Crippen LogP contribution in [0.15, 0.2) is 47.4 Å². The number of hydrogen-bond acceptors (Lipinski definition) is 3. The third-order valence-electron chi connectivity index (χ3n) is 5.72. The van der Waals surface area contributed by atoms with E-state index in [9.17, 15) is 13.2 Å². The maximum atomic E-state index is 13.2. The van der Waals surface area contributed by atoms with Crippen molar-refractivity contribution in [3.8, 4) is 0 Å². The molecule has 2 aromatic carbocycles. The van der Waals surface area contributed by atoms with E-state index in [0.29, 0.717) is 44.2 Å². The van der Waals surface area contributed by atoms with Crippen molar-refractivity contribution in [2.24, 2.45) is 0 Å². The molecule has 7 heteroatoms. The predicted octanol–water partition coefficient (Wildman–Crippen LogP) is 1.16. The van der Waals surface area contributed by atoms with Crippen molar-refractivity contribution in [1.29, 1.82) is 0 Å². The Balaban J connectivity index is 1.59. The number of carbonyl (C=O) groups is 1. The number of amides is 1. The topological polar surface area (TPSA) is 62.1 Å². The Morgan fingerprint density at radius 1 is 1.03 bits per heavy atom. The van der Waals surface area contributed by atoms with Gasteiger partial charge in [0.2, 0.25) is 10.0 Å². The van der Waals surface area contributed by atoms with Gasteiger partial charge in [-0.1, -0.05) is 48.0 Å². The first kappa shape index (κ1) is 22.5. The Labute approximate surface area is 180 Å². The minimum absolute atomic E-state index is 0.0791. The minimum atomic E-state index is -3.52. The van der Waals surface area contributed by atoms with Crippen LogP contribution in [0.5, 0.6) is 0 Å². The fourth-order valence-corrected chi connectivity index (χ4v) is 6.07. The average Bonchev–Trinajstić information content (AvgIpc) is 2.68. The Hall–Kier alpha value is -2.22. The highest BCUT2D eigenvalue weighted by Crippen LogP contribution is 2.25. The lowest BCUT2D eigenvalue weighted by atomic mass is 10.1. The summed E-state index contributed by atoms with van der Waals surface area (Å²) in [7, 11) is -1.71. The van der Waals surface area contributed by atoms with Crippen LogP contribution < -0.4 is 4.90 Å². The van der Waals surface area contributed by atoms with Crippen molar-refractivity contribution < 1.29 is 18.1 Å². The molecule has 30 heavy (non-hydrogen) atoms. The van der Waals surface area contributed by atoms with Gasteiger partial charge in [0.1, 0.15) is 0 Å². The molecule has 6 nitrogen and oxygen atoms in total. The van der Waals surface area contributed by atoms with Crippen LogP contribution >= 0.6 is 0 Å². The second kappa shape index (κ2) is 9.29. The maximum Gasteiger partial charge on any atom is 0.277 e. The summed E-state index contributed by atoms with van der Waals surface area (Å²) in [6.45, 7) is 8.79. The van der Waals surface area contributed by atoms with E-state index in [1.54, 1.807) is 9.21 Å². The summed E-state index contributed by atoms with van der Waals surface area (Å²) in [5.41, 5.74) is 3.75. The zero-order valence-electron chi connectivity index (χ0n) is 18.3. The summed E-state index contributed by atoms with van der Waals surface area (Å²) >= 11 is 0. The van der Waals surface area contributed by atoms with Crippen LogP contribution in [0, 0.1) is 20.8 Å². The zero-order valence-corrected chi connectivity index (χ0v) is 19.1. The molecule has 3 rings (SSSR count). The van der Waals surface area contributed by atoms with Gasteiger partial charge < -0.3 is 9.80 Å². The quantitative estimate of drug-likeness (QED) is 0.748. The van der Waals surface area contributed by atoms with Crippen LogP contribution in [-0.2, 0) is 21.4 Å². The largest absolute Gasteiger partial charge is 0.337 e. The summed E-state index contributed by atoms with van der Waals surface area (Å²) in [6.07, 6.45) is 0. The molecule has 0 saturated carbocycles. The Morgan fingerprint density at radius 2 is 1.60 bits per heavy atom. The first-order valence-corrected chi connectivity index (χ1v) is 11.8. The van der Waals surface area contributed by atoms with Crippen molar-refractivity contribution in [2.45, 2.75) is 32.2 Å². The van der Waals surface area contributed by atoms with Crippen LogP contribution in [0.2, 0.25) is 0 Å². The second-order valence-electron chi connectivity index (χ2n) is 8.29. The van der Waals surface area contributed by atoms with Gasteiger partial charge in [0.05, 0.1) is 31.1 Å². The van der Waals surface area contributed by atoms with Crippen LogP contribution in [0.4, 0.5) is 0 Å². The molecule has 0 atom stereocenters. The zero-order chi connectivity index (χ0) is 21.9. The summed E-state index contributed by atoms with van der Waals surface area (Å²) in [6, 6.07) is 13.8. The van der Waals surface area contributed by atoms with Crippen molar-refractivity contribution in [2.75, 3.05) is 39.8 Å². The number of nitrogens with zero attached hydrogens (tertiary/aromatic N) is 2. The number of piperazine rings is 1. The Bertz CT molecular complexity index is 975. The molecule has 1 heterocycles. The van der Waals surface area contributed by atoms with E-state index in [1.165, 1.54) is 0 Å². The van der Waals surface area contributed by atoms with Gasteiger partial charge in [0.15, 0.2) is 6.54 Å². The van der Waals surface area contributed by atoms with Gasteiger partial charge in [-0.3, -0.25) is 4.79 Å². The van der Waals surface area contributed by atoms with E-state index in [0.717, 1.165) is 27.2 Å². The minimum Gasteiger partial charge on any atom is -0.337 e. The first-order valence-electron chi connectivity index (χ1n) is 10.4. The van der Waals surface area contributed by atoms with Crippen LogP contribution in [0.1, 0.15) is 22.3 Å². The molecule has 0 unspecified atom stereocenters. The molecule has 0 radical (unpaired) electrons. The van der Waals surface area contributed by atoms with Crippen molar-refractivity contribution in [1.82, 2.24) is 9.21 Å². The molecule has 0 aromatic heterocycles. The summed E-state index contributed by atoms with van der Waals surface area (Å²) < 4.78 is 28.0. The number of hydrogen-bond donors (Lipinski definition) is 1. The Morgan fingerprint density at radius 3 is 2.17 bits per heavy atom. The van der Waals surface area contributed by atoms with Crippen LogP contribution in [0.3, 0.4) is 0 Å². The number of aryl methyl sites for hydroxylation is 3. The highest BCUT2D eigenvalue weighted by atomic mass is 32.2. The number of likely N-dealkylation sites (N-methyl/N-ethyl adjacent to an activating group) is 1. The highest BCUT2D eigenvalue weighted by molar-refractivity contribution is 7.89. The molecule has 1 saturated heterocycles. The van der Waals surface area contributed by atoms with Gasteiger partial charge in [0, 0.05) is 13.6 Å².